The Bertz CT molecular complexity index is 1350. The number of carbonyl (C=O) groups excluding carboxylic acids is 2. The number of benzene rings is 2. The standard InChI is InChI=1S/C24H20FN5O5/c25-17-16(11-34-24(33)15-9-5-2-6-10-15)35-23(19(17)31)30-13-28-18-20(26-12-27-21(18)30)29-22(32)14-7-3-1-4-8-14/h1-10,12-13,16-17,19,23,31H,11H2,(H,26,27,29,32)/t16-,17+,19-,23?/m1/s1. The van der Waals surface area contributed by atoms with Gasteiger partial charge in [-0.2, -0.15) is 0 Å². The van der Waals surface area contributed by atoms with Crippen LogP contribution in [0.25, 0.3) is 11.2 Å². The van der Waals surface area contributed by atoms with Gasteiger partial charge in [-0.25, -0.2) is 24.1 Å². The average molecular weight is 477 g/mol. The maximum Gasteiger partial charge on any atom is 0.338 e. The van der Waals surface area contributed by atoms with Crippen LogP contribution in [0.15, 0.2) is 73.3 Å². The molecule has 3 heterocycles. The molecule has 35 heavy (non-hydrogen) atoms. The fourth-order valence-corrected chi connectivity index (χ4v) is 3.79. The highest BCUT2D eigenvalue weighted by atomic mass is 19.1. The van der Waals surface area contributed by atoms with Gasteiger partial charge in [0, 0.05) is 5.56 Å². The van der Waals surface area contributed by atoms with Crippen molar-refractivity contribution < 1.29 is 28.6 Å². The summed E-state index contributed by atoms with van der Waals surface area (Å²) in [5.74, 6) is -0.861. The number of nitrogens with zero attached hydrogens (tertiary/aromatic N) is 4. The minimum absolute atomic E-state index is 0.153. The van der Waals surface area contributed by atoms with Crippen LogP contribution in [0.4, 0.5) is 10.2 Å². The number of halogens is 1. The molecule has 2 N–H and O–H groups in total. The topological polar surface area (TPSA) is 128 Å². The fraction of sp³-hybridized carbons (Fsp3) is 0.208. The molecule has 1 fully saturated rings. The fourth-order valence-electron chi connectivity index (χ4n) is 3.79. The first-order valence-electron chi connectivity index (χ1n) is 10.8. The van der Waals surface area contributed by atoms with Crippen molar-refractivity contribution in [2.45, 2.75) is 24.6 Å². The molecule has 4 aromatic rings. The van der Waals surface area contributed by atoms with Crippen LogP contribution in [0.5, 0.6) is 0 Å². The first-order valence-corrected chi connectivity index (χ1v) is 10.8. The highest BCUT2D eigenvalue weighted by Crippen LogP contribution is 2.34. The summed E-state index contributed by atoms with van der Waals surface area (Å²) in [4.78, 5) is 37.2. The van der Waals surface area contributed by atoms with E-state index in [0.29, 0.717) is 11.1 Å². The highest BCUT2D eigenvalue weighted by molar-refractivity contribution is 6.06. The smallest absolute Gasteiger partial charge is 0.338 e. The number of hydrogen-bond donors (Lipinski definition) is 2. The number of alkyl halides is 1. The Balaban J connectivity index is 1.32. The number of carbonyl (C=O) groups is 2. The van der Waals surface area contributed by atoms with E-state index in [1.807, 2.05) is 0 Å². The summed E-state index contributed by atoms with van der Waals surface area (Å²) < 4.78 is 27.0. The normalized spacial score (nSPS) is 21.7. The van der Waals surface area contributed by atoms with Gasteiger partial charge in [-0.05, 0) is 24.3 Å². The maximum atomic E-state index is 14.8. The Morgan fingerprint density at radius 1 is 1.03 bits per heavy atom. The average Bonchev–Trinajstić information content (AvgIpc) is 3.45. The third-order valence-corrected chi connectivity index (χ3v) is 5.58. The number of imidazole rings is 1. The number of aliphatic hydroxyl groups is 1. The Kier molecular flexibility index (Phi) is 6.17. The molecule has 5 rings (SSSR count). The van der Waals surface area contributed by atoms with Gasteiger partial charge in [0.25, 0.3) is 5.91 Å². The number of amides is 1. The number of fused-ring (bicyclic) bond motifs is 1. The van der Waals surface area contributed by atoms with Gasteiger partial charge in [0.2, 0.25) is 0 Å². The quantitative estimate of drug-likeness (QED) is 0.406. The predicted octanol–water partition coefficient (Wildman–Crippen LogP) is 2.53. The van der Waals surface area contributed by atoms with Crippen LogP contribution in [0.1, 0.15) is 26.9 Å². The van der Waals surface area contributed by atoms with Crippen molar-refractivity contribution in [2.75, 3.05) is 11.9 Å². The molecule has 0 bridgehead atoms. The number of nitrogens with one attached hydrogen (secondary N) is 1. The maximum absolute atomic E-state index is 14.8. The molecule has 0 aliphatic carbocycles. The molecule has 11 heteroatoms. The zero-order chi connectivity index (χ0) is 24.4. The number of rotatable bonds is 6. The largest absolute Gasteiger partial charge is 0.459 e. The van der Waals surface area contributed by atoms with E-state index in [1.165, 1.54) is 17.2 Å². The van der Waals surface area contributed by atoms with Gasteiger partial charge in [0.05, 0.1) is 11.9 Å². The van der Waals surface area contributed by atoms with E-state index in [4.69, 9.17) is 9.47 Å². The van der Waals surface area contributed by atoms with Gasteiger partial charge in [-0.1, -0.05) is 36.4 Å². The first-order chi connectivity index (χ1) is 17.0. The van der Waals surface area contributed by atoms with Crippen molar-refractivity contribution >= 4 is 28.9 Å². The number of hydrogen-bond acceptors (Lipinski definition) is 8. The summed E-state index contributed by atoms with van der Waals surface area (Å²) in [5.41, 5.74) is 1.21. The molecule has 178 valence electrons. The molecule has 0 radical (unpaired) electrons. The molecule has 1 aliphatic heterocycles. The van der Waals surface area contributed by atoms with Gasteiger partial charge in [0.15, 0.2) is 29.4 Å². The molecule has 1 unspecified atom stereocenters. The summed E-state index contributed by atoms with van der Waals surface area (Å²) in [6.07, 6.45) is -3.22. The van der Waals surface area contributed by atoms with Crippen molar-refractivity contribution in [3.8, 4) is 0 Å². The molecule has 0 spiro atoms. The lowest BCUT2D eigenvalue weighted by atomic mass is 10.1. The van der Waals surface area contributed by atoms with E-state index in [1.54, 1.807) is 60.7 Å². The van der Waals surface area contributed by atoms with E-state index < -0.39 is 30.6 Å². The zero-order valence-electron chi connectivity index (χ0n) is 18.2. The van der Waals surface area contributed by atoms with Crippen molar-refractivity contribution in [3.05, 3.63) is 84.4 Å². The van der Waals surface area contributed by atoms with E-state index in [2.05, 4.69) is 20.3 Å². The van der Waals surface area contributed by atoms with E-state index in [0.717, 1.165) is 0 Å². The monoisotopic (exact) mass is 477 g/mol. The molecule has 1 amide bonds. The van der Waals surface area contributed by atoms with Crippen LogP contribution < -0.4 is 5.32 Å². The molecule has 10 nitrogen and oxygen atoms in total. The third-order valence-electron chi connectivity index (χ3n) is 5.58. The lowest BCUT2D eigenvalue weighted by Gasteiger charge is -2.16. The summed E-state index contributed by atoms with van der Waals surface area (Å²) in [6.45, 7) is -0.386. The Labute approximate surface area is 198 Å². The molecular weight excluding hydrogens is 457 g/mol. The Morgan fingerprint density at radius 2 is 1.71 bits per heavy atom. The Hall–Kier alpha value is -4.22. The third kappa shape index (κ3) is 4.46. The highest BCUT2D eigenvalue weighted by Gasteiger charge is 2.46. The number of aliphatic hydroxyl groups excluding tert-OH is 1. The second-order valence-electron chi connectivity index (χ2n) is 7.83. The first kappa shape index (κ1) is 22.6. The van der Waals surface area contributed by atoms with Gasteiger partial charge in [-0.3, -0.25) is 9.36 Å². The summed E-state index contributed by atoms with van der Waals surface area (Å²) >= 11 is 0. The molecule has 1 saturated heterocycles. The van der Waals surface area contributed by atoms with Crippen LogP contribution in [0.2, 0.25) is 0 Å². The number of esters is 1. The van der Waals surface area contributed by atoms with Crippen LogP contribution in [-0.4, -0.2) is 61.5 Å². The molecule has 2 aromatic carbocycles. The molecular formula is C24H20FN5O5. The zero-order valence-corrected chi connectivity index (χ0v) is 18.2. The van der Waals surface area contributed by atoms with Gasteiger partial charge in [0.1, 0.15) is 25.1 Å². The molecule has 0 saturated carbocycles. The molecule has 2 aromatic heterocycles. The number of ether oxygens (including phenoxy) is 2. The predicted molar refractivity (Wildman–Crippen MR) is 121 cm³/mol. The van der Waals surface area contributed by atoms with Crippen molar-refractivity contribution in [2.24, 2.45) is 0 Å². The second kappa shape index (κ2) is 9.57. The minimum atomic E-state index is -1.82. The van der Waals surface area contributed by atoms with Gasteiger partial charge < -0.3 is 19.9 Å². The molecule has 1 aliphatic rings. The summed E-state index contributed by atoms with van der Waals surface area (Å²) in [5, 5.41) is 13.2. The SMILES string of the molecule is O=C(Nc1ncnc2c1ncn2C1O[C@H](COC(=O)c2ccccc2)[C@H](F)[C@H]1O)c1ccccc1. The van der Waals surface area contributed by atoms with E-state index in [9.17, 15) is 19.1 Å². The number of aromatic nitrogens is 4. The van der Waals surface area contributed by atoms with Crippen LogP contribution in [0.3, 0.4) is 0 Å². The van der Waals surface area contributed by atoms with E-state index in [-0.39, 0.29) is 29.5 Å². The van der Waals surface area contributed by atoms with Crippen LogP contribution in [-0.2, 0) is 9.47 Å². The van der Waals surface area contributed by atoms with Gasteiger partial charge in [-0.15, -0.1) is 0 Å². The van der Waals surface area contributed by atoms with Crippen molar-refractivity contribution in [3.63, 3.8) is 0 Å². The van der Waals surface area contributed by atoms with Crippen molar-refractivity contribution in [1.29, 1.82) is 0 Å². The minimum Gasteiger partial charge on any atom is -0.459 e. The molecule has 4 atom stereocenters. The van der Waals surface area contributed by atoms with Crippen LogP contribution >= 0.6 is 0 Å². The van der Waals surface area contributed by atoms with Gasteiger partial charge >= 0.3 is 5.97 Å². The van der Waals surface area contributed by atoms with Crippen LogP contribution in [0, 0.1) is 0 Å². The van der Waals surface area contributed by atoms with Crippen molar-refractivity contribution in [1.82, 2.24) is 19.5 Å². The summed E-state index contributed by atoms with van der Waals surface area (Å²) in [6, 6.07) is 16.9. The number of anilines is 1. The Morgan fingerprint density at radius 3 is 2.43 bits per heavy atom. The van der Waals surface area contributed by atoms with E-state index >= 15 is 0 Å². The lowest BCUT2D eigenvalue weighted by molar-refractivity contribution is -0.0544. The summed E-state index contributed by atoms with van der Waals surface area (Å²) in [7, 11) is 0. The second-order valence-corrected chi connectivity index (χ2v) is 7.83. The lowest BCUT2D eigenvalue weighted by Crippen LogP contribution is -2.31.